The fourth-order valence-electron chi connectivity index (χ4n) is 1.58. The van der Waals surface area contributed by atoms with Gasteiger partial charge in [0.15, 0.2) is 0 Å². The molecule has 0 amide bonds. The van der Waals surface area contributed by atoms with E-state index in [1.807, 2.05) is 0 Å². The highest BCUT2D eigenvalue weighted by atomic mass is 35.7. The van der Waals surface area contributed by atoms with Crippen LogP contribution in [0.4, 0.5) is 4.39 Å². The molecule has 0 aromatic heterocycles. The van der Waals surface area contributed by atoms with Crippen molar-refractivity contribution in [1.82, 2.24) is 0 Å². The lowest BCUT2D eigenvalue weighted by atomic mass is 10.2. The second-order valence-electron chi connectivity index (χ2n) is 4.07. The summed E-state index contributed by atoms with van der Waals surface area (Å²) in [5.74, 6) is -0.495. The molecule has 0 fully saturated rings. The van der Waals surface area contributed by atoms with Gasteiger partial charge in [-0.15, -0.1) is 0 Å². The highest BCUT2D eigenvalue weighted by Crippen LogP contribution is 2.30. The van der Waals surface area contributed by atoms with Gasteiger partial charge in [0.2, 0.25) is 0 Å². The fourth-order valence-corrected chi connectivity index (χ4v) is 3.02. The van der Waals surface area contributed by atoms with Crippen LogP contribution in [0.2, 0.25) is 10.0 Å². The van der Waals surface area contributed by atoms with Gasteiger partial charge in [-0.05, 0) is 35.9 Å². The van der Waals surface area contributed by atoms with Crippen molar-refractivity contribution in [3.05, 3.63) is 57.8 Å². The van der Waals surface area contributed by atoms with Crippen molar-refractivity contribution in [3.8, 4) is 5.75 Å². The highest BCUT2D eigenvalue weighted by Gasteiger charge is 2.17. The molecule has 112 valence electrons. The molecule has 8 heteroatoms. The summed E-state index contributed by atoms with van der Waals surface area (Å²) in [7, 11) is 1.33. The zero-order valence-corrected chi connectivity index (χ0v) is 13.4. The van der Waals surface area contributed by atoms with Crippen LogP contribution >= 0.6 is 33.9 Å². The van der Waals surface area contributed by atoms with Gasteiger partial charge >= 0.3 is 0 Å². The van der Waals surface area contributed by atoms with Gasteiger partial charge < -0.3 is 4.74 Å². The molecule has 0 aliphatic heterocycles. The Labute approximate surface area is 135 Å². The number of halogens is 4. The fraction of sp³-hybridized carbons (Fsp3) is 0.0769. The van der Waals surface area contributed by atoms with Crippen molar-refractivity contribution >= 4 is 42.9 Å². The Balaban J connectivity index is 2.26. The Morgan fingerprint density at radius 1 is 1.10 bits per heavy atom. The maximum atomic E-state index is 13.0. The average molecular weight is 370 g/mol. The lowest BCUT2D eigenvalue weighted by Crippen LogP contribution is -2.01. The Kier molecular flexibility index (Phi) is 4.99. The Bertz CT molecular complexity index is 778. The van der Waals surface area contributed by atoms with Gasteiger partial charge in [-0.3, -0.25) is 0 Å². The maximum Gasteiger partial charge on any atom is 0.265 e. The van der Waals surface area contributed by atoms with Gasteiger partial charge in [-0.2, -0.15) is 0 Å². The molecular formula is C13H8Cl3FO3S. The highest BCUT2D eigenvalue weighted by molar-refractivity contribution is 8.13. The third-order valence-electron chi connectivity index (χ3n) is 2.55. The standard InChI is InChI=1S/C13H8Cl3FO3S/c14-9-2-4-12(13(6-9)21(16,18)19)20-7-8-1-3-11(17)10(15)5-8/h1-6H,7H2. The summed E-state index contributed by atoms with van der Waals surface area (Å²) in [6.07, 6.45) is 0. The SMILES string of the molecule is O=S(=O)(Cl)c1cc(Cl)ccc1OCc1ccc(F)c(Cl)c1. The van der Waals surface area contributed by atoms with Crippen LogP contribution in [-0.2, 0) is 15.7 Å². The minimum atomic E-state index is -4.00. The lowest BCUT2D eigenvalue weighted by molar-refractivity contribution is 0.298. The van der Waals surface area contributed by atoms with Crippen LogP contribution in [0, 0.1) is 5.82 Å². The van der Waals surface area contributed by atoms with E-state index >= 15 is 0 Å². The molecule has 0 unspecified atom stereocenters. The lowest BCUT2D eigenvalue weighted by Gasteiger charge is -2.10. The van der Waals surface area contributed by atoms with Crippen LogP contribution in [0.25, 0.3) is 0 Å². The molecule has 0 heterocycles. The smallest absolute Gasteiger partial charge is 0.265 e. The van der Waals surface area contributed by atoms with Gasteiger partial charge in [0.25, 0.3) is 9.05 Å². The van der Waals surface area contributed by atoms with E-state index in [1.165, 1.54) is 36.4 Å². The van der Waals surface area contributed by atoms with Gasteiger partial charge in [-0.1, -0.05) is 29.3 Å². The molecule has 0 atom stereocenters. The largest absolute Gasteiger partial charge is 0.487 e. The summed E-state index contributed by atoms with van der Waals surface area (Å²) >= 11 is 11.4. The van der Waals surface area contributed by atoms with Crippen molar-refractivity contribution in [1.29, 1.82) is 0 Å². The molecule has 0 N–H and O–H groups in total. The zero-order chi connectivity index (χ0) is 15.6. The predicted octanol–water partition coefficient (Wildman–Crippen LogP) is 4.64. The Morgan fingerprint density at radius 3 is 2.43 bits per heavy atom. The monoisotopic (exact) mass is 368 g/mol. The van der Waals surface area contributed by atoms with Crippen molar-refractivity contribution in [2.75, 3.05) is 0 Å². The summed E-state index contributed by atoms with van der Waals surface area (Å²) in [5.41, 5.74) is 0.578. The van der Waals surface area contributed by atoms with E-state index in [4.69, 9.17) is 38.6 Å². The van der Waals surface area contributed by atoms with Crippen molar-refractivity contribution in [2.24, 2.45) is 0 Å². The molecule has 0 spiro atoms. The number of ether oxygens (including phenoxy) is 1. The van der Waals surface area contributed by atoms with Crippen LogP contribution < -0.4 is 4.74 Å². The molecule has 0 saturated carbocycles. The number of hydrogen-bond acceptors (Lipinski definition) is 3. The second-order valence-corrected chi connectivity index (χ2v) is 7.44. The molecule has 0 aliphatic rings. The number of rotatable bonds is 4. The third kappa shape index (κ3) is 4.23. The molecule has 0 aliphatic carbocycles. The third-order valence-corrected chi connectivity index (χ3v) is 4.41. The Hall–Kier alpha value is -1.01. The van der Waals surface area contributed by atoms with Crippen LogP contribution in [0.15, 0.2) is 41.3 Å². The van der Waals surface area contributed by atoms with Gasteiger partial charge in [0.1, 0.15) is 23.1 Å². The van der Waals surface area contributed by atoms with E-state index in [9.17, 15) is 12.8 Å². The molecule has 2 rings (SSSR count). The summed E-state index contributed by atoms with van der Waals surface area (Å²) in [6.45, 7) is 0.00103. The maximum absolute atomic E-state index is 13.0. The van der Waals surface area contributed by atoms with E-state index in [2.05, 4.69) is 0 Å². The van der Waals surface area contributed by atoms with E-state index in [0.29, 0.717) is 5.56 Å². The molecule has 0 radical (unpaired) electrons. The number of benzene rings is 2. The molecule has 3 nitrogen and oxygen atoms in total. The zero-order valence-electron chi connectivity index (χ0n) is 10.3. The van der Waals surface area contributed by atoms with E-state index in [1.54, 1.807) is 0 Å². The van der Waals surface area contributed by atoms with Crippen LogP contribution in [-0.4, -0.2) is 8.42 Å². The molecule has 2 aromatic carbocycles. The van der Waals surface area contributed by atoms with E-state index in [-0.39, 0.29) is 27.3 Å². The average Bonchev–Trinajstić information content (AvgIpc) is 2.40. The minimum absolute atomic E-state index is 0.00103. The molecule has 21 heavy (non-hydrogen) atoms. The molecule has 0 bridgehead atoms. The molecule has 2 aromatic rings. The molecule has 0 saturated heterocycles. The topological polar surface area (TPSA) is 43.4 Å². The normalized spacial score (nSPS) is 11.4. The minimum Gasteiger partial charge on any atom is -0.487 e. The van der Waals surface area contributed by atoms with Gasteiger partial charge in [-0.25, -0.2) is 12.8 Å². The van der Waals surface area contributed by atoms with Crippen LogP contribution in [0.5, 0.6) is 5.75 Å². The van der Waals surface area contributed by atoms with E-state index in [0.717, 1.165) is 0 Å². The second kappa shape index (κ2) is 6.40. The van der Waals surface area contributed by atoms with Crippen molar-refractivity contribution < 1.29 is 17.5 Å². The summed E-state index contributed by atoms with van der Waals surface area (Å²) in [5, 5.41) is 0.170. The first-order valence-electron chi connectivity index (χ1n) is 5.58. The first-order valence-corrected chi connectivity index (χ1v) is 8.65. The van der Waals surface area contributed by atoms with Crippen LogP contribution in [0.3, 0.4) is 0 Å². The summed E-state index contributed by atoms with van der Waals surface area (Å²) < 4.78 is 41.4. The van der Waals surface area contributed by atoms with Gasteiger partial charge in [0.05, 0.1) is 5.02 Å². The number of hydrogen-bond donors (Lipinski definition) is 0. The van der Waals surface area contributed by atoms with Gasteiger partial charge in [0, 0.05) is 15.7 Å². The first kappa shape index (κ1) is 16.4. The predicted molar refractivity (Wildman–Crippen MR) is 80.2 cm³/mol. The van der Waals surface area contributed by atoms with Crippen molar-refractivity contribution in [3.63, 3.8) is 0 Å². The Morgan fingerprint density at radius 2 is 1.81 bits per heavy atom. The van der Waals surface area contributed by atoms with Crippen LogP contribution in [0.1, 0.15) is 5.56 Å². The van der Waals surface area contributed by atoms with Crippen molar-refractivity contribution in [2.45, 2.75) is 11.5 Å². The quantitative estimate of drug-likeness (QED) is 0.737. The van der Waals surface area contributed by atoms with E-state index < -0.39 is 14.9 Å². The first-order chi connectivity index (χ1) is 9.77. The summed E-state index contributed by atoms with van der Waals surface area (Å²) in [6, 6.07) is 8.12. The summed E-state index contributed by atoms with van der Waals surface area (Å²) in [4.78, 5) is -0.232. The molecular weight excluding hydrogens is 362 g/mol.